The minimum Gasteiger partial charge on any atom is -0.496 e. The lowest BCUT2D eigenvalue weighted by Gasteiger charge is -2.04. The molecule has 0 radical (unpaired) electrons. The number of nitrogens with one attached hydrogen (secondary N) is 3. The van der Waals surface area contributed by atoms with Crippen molar-refractivity contribution in [3.8, 4) is 5.75 Å². The molecule has 0 saturated heterocycles. The lowest BCUT2D eigenvalue weighted by molar-refractivity contribution is -0.121. The zero-order valence-electron chi connectivity index (χ0n) is 12.6. The van der Waals surface area contributed by atoms with Crippen molar-refractivity contribution in [1.29, 1.82) is 0 Å². The molecule has 0 atom stereocenters. The Morgan fingerprint density at radius 3 is 2.96 bits per heavy atom. The van der Waals surface area contributed by atoms with Gasteiger partial charge in [0.1, 0.15) is 11.4 Å². The maximum Gasteiger partial charge on any atom is 0.342 e. The second-order valence-corrected chi connectivity index (χ2v) is 5.55. The zero-order valence-corrected chi connectivity index (χ0v) is 14.2. The molecule has 1 aromatic heterocycles. The summed E-state index contributed by atoms with van der Waals surface area (Å²) in [5, 5.41) is 9.55. The number of nitrogens with zero attached hydrogens (tertiary/aromatic N) is 2. The number of halogens is 1. The minimum absolute atomic E-state index is 0.00488. The average Bonchev–Trinajstić information content (AvgIpc) is 2.54. The van der Waals surface area contributed by atoms with Gasteiger partial charge in [0.25, 0.3) is 5.56 Å². The predicted octanol–water partition coefficient (Wildman–Crippen LogP) is 0.312. The van der Waals surface area contributed by atoms with Gasteiger partial charge in [-0.2, -0.15) is 10.2 Å². The van der Waals surface area contributed by atoms with E-state index in [0.717, 1.165) is 4.47 Å². The van der Waals surface area contributed by atoms with Crippen LogP contribution in [-0.2, 0) is 11.2 Å². The monoisotopic (exact) mass is 395 g/mol. The van der Waals surface area contributed by atoms with Gasteiger partial charge in [-0.05, 0) is 18.2 Å². The summed E-state index contributed by atoms with van der Waals surface area (Å²) in [6.07, 6.45) is 1.52. The van der Waals surface area contributed by atoms with Gasteiger partial charge in [-0.15, -0.1) is 0 Å². The number of aromatic amines is 2. The van der Waals surface area contributed by atoms with E-state index in [1.807, 2.05) is 11.1 Å². The molecule has 0 bridgehead atoms. The molecule has 24 heavy (non-hydrogen) atoms. The summed E-state index contributed by atoms with van der Waals surface area (Å²) in [6, 6.07) is 5.38. The first-order valence-electron chi connectivity index (χ1n) is 6.83. The second-order valence-electron chi connectivity index (χ2n) is 4.63. The fourth-order valence-corrected chi connectivity index (χ4v) is 2.19. The van der Waals surface area contributed by atoms with Crippen LogP contribution in [0.15, 0.2) is 37.4 Å². The maximum absolute atomic E-state index is 11.7. The summed E-state index contributed by atoms with van der Waals surface area (Å²) in [5.74, 6) is 0.216. The van der Waals surface area contributed by atoms with Crippen LogP contribution in [0, 0.1) is 0 Å². The number of amides is 1. The molecule has 0 aliphatic heterocycles. The molecule has 0 spiro atoms. The molecular weight excluding hydrogens is 382 g/mol. The lowest BCUT2D eigenvalue weighted by atomic mass is 10.2. The van der Waals surface area contributed by atoms with Crippen LogP contribution in [-0.4, -0.2) is 34.4 Å². The van der Waals surface area contributed by atoms with Crippen molar-refractivity contribution >= 4 is 28.1 Å². The van der Waals surface area contributed by atoms with Crippen molar-refractivity contribution in [3.05, 3.63) is 54.8 Å². The molecule has 9 nitrogen and oxygen atoms in total. The van der Waals surface area contributed by atoms with E-state index >= 15 is 0 Å². The summed E-state index contributed by atoms with van der Waals surface area (Å²) in [6.45, 7) is 0. The second kappa shape index (κ2) is 8.20. The van der Waals surface area contributed by atoms with Gasteiger partial charge in [0.05, 0.1) is 13.3 Å². The Balaban J connectivity index is 1.92. The van der Waals surface area contributed by atoms with Crippen LogP contribution in [0.2, 0.25) is 0 Å². The average molecular weight is 396 g/mol. The van der Waals surface area contributed by atoms with Crippen LogP contribution < -0.4 is 21.4 Å². The standard InChI is InChI=1S/C14H14BrN5O4/c1-24-11-4-2-9(15)6-8(11)7-16-19-12(21)5-3-10-13(22)17-14(23)20-18-10/h2,4,6-7H,3,5H2,1H3,(H,19,21)(H2,17,20,22,23)/b16-7+. The van der Waals surface area contributed by atoms with E-state index in [4.69, 9.17) is 4.74 Å². The number of aromatic nitrogens is 3. The normalized spacial score (nSPS) is 10.8. The SMILES string of the molecule is COc1ccc(Br)cc1/C=N/NC(=O)CCc1n[nH]c(=O)[nH]c1=O. The quantitative estimate of drug-likeness (QED) is 0.478. The minimum atomic E-state index is -0.694. The fourth-order valence-electron chi connectivity index (χ4n) is 1.81. The molecule has 0 aliphatic rings. The van der Waals surface area contributed by atoms with Crippen molar-refractivity contribution in [2.24, 2.45) is 5.10 Å². The molecule has 1 amide bonds. The Morgan fingerprint density at radius 1 is 1.46 bits per heavy atom. The Kier molecular flexibility index (Phi) is 6.01. The molecule has 3 N–H and O–H groups in total. The number of aryl methyl sites for hydroxylation is 1. The third kappa shape index (κ3) is 4.88. The highest BCUT2D eigenvalue weighted by molar-refractivity contribution is 9.10. The summed E-state index contributed by atoms with van der Waals surface area (Å²) in [7, 11) is 1.54. The summed E-state index contributed by atoms with van der Waals surface area (Å²) >= 11 is 3.34. The van der Waals surface area contributed by atoms with Crippen molar-refractivity contribution in [2.75, 3.05) is 7.11 Å². The van der Waals surface area contributed by atoms with Crippen molar-refractivity contribution in [3.63, 3.8) is 0 Å². The zero-order chi connectivity index (χ0) is 17.5. The molecule has 2 aromatic rings. The van der Waals surface area contributed by atoms with Gasteiger partial charge in [-0.1, -0.05) is 15.9 Å². The van der Waals surface area contributed by atoms with Gasteiger partial charge in [-0.25, -0.2) is 15.3 Å². The number of hydrogen-bond acceptors (Lipinski definition) is 6. The predicted molar refractivity (Wildman–Crippen MR) is 90.2 cm³/mol. The number of hydrogen-bond donors (Lipinski definition) is 3. The van der Waals surface area contributed by atoms with Gasteiger partial charge >= 0.3 is 5.69 Å². The third-order valence-corrected chi connectivity index (χ3v) is 3.45. The van der Waals surface area contributed by atoms with Crippen LogP contribution in [0.1, 0.15) is 17.7 Å². The highest BCUT2D eigenvalue weighted by Crippen LogP contribution is 2.21. The molecule has 0 unspecified atom stereocenters. The van der Waals surface area contributed by atoms with E-state index in [0.29, 0.717) is 11.3 Å². The van der Waals surface area contributed by atoms with Crippen LogP contribution in [0.3, 0.4) is 0 Å². The highest BCUT2D eigenvalue weighted by Gasteiger charge is 2.07. The topological polar surface area (TPSA) is 129 Å². The molecule has 2 rings (SSSR count). The molecule has 1 aromatic carbocycles. The fraction of sp³-hybridized carbons (Fsp3) is 0.214. The Morgan fingerprint density at radius 2 is 2.25 bits per heavy atom. The van der Waals surface area contributed by atoms with E-state index in [-0.39, 0.29) is 18.5 Å². The first-order valence-corrected chi connectivity index (χ1v) is 7.62. The largest absolute Gasteiger partial charge is 0.496 e. The molecule has 1 heterocycles. The molecule has 0 fully saturated rings. The summed E-state index contributed by atoms with van der Waals surface area (Å²) in [5.41, 5.74) is 1.80. The van der Waals surface area contributed by atoms with Gasteiger partial charge in [0.15, 0.2) is 0 Å². The number of carbonyl (C=O) groups excluding carboxylic acids is 1. The smallest absolute Gasteiger partial charge is 0.342 e. The number of benzene rings is 1. The van der Waals surface area contributed by atoms with E-state index in [2.05, 4.69) is 36.7 Å². The van der Waals surface area contributed by atoms with Crippen LogP contribution in [0.5, 0.6) is 5.75 Å². The summed E-state index contributed by atoms with van der Waals surface area (Å²) < 4.78 is 6.03. The Bertz CT molecular complexity index is 874. The Labute approximate surface area is 144 Å². The molecule has 126 valence electrons. The van der Waals surface area contributed by atoms with Crippen LogP contribution in [0.4, 0.5) is 0 Å². The van der Waals surface area contributed by atoms with Crippen molar-refractivity contribution in [2.45, 2.75) is 12.8 Å². The maximum atomic E-state index is 11.7. The molecule has 10 heteroatoms. The number of ether oxygens (including phenoxy) is 1. The van der Waals surface area contributed by atoms with E-state index < -0.39 is 17.2 Å². The third-order valence-electron chi connectivity index (χ3n) is 2.96. The lowest BCUT2D eigenvalue weighted by Crippen LogP contribution is -2.28. The first-order chi connectivity index (χ1) is 11.5. The molecule has 0 aliphatic carbocycles. The van der Waals surface area contributed by atoms with E-state index in [1.54, 1.807) is 12.1 Å². The number of carbonyl (C=O) groups is 1. The van der Waals surface area contributed by atoms with Crippen molar-refractivity contribution in [1.82, 2.24) is 20.6 Å². The first kappa shape index (κ1) is 17.6. The van der Waals surface area contributed by atoms with Crippen molar-refractivity contribution < 1.29 is 9.53 Å². The molecule has 0 saturated carbocycles. The number of hydrazone groups is 1. The van der Waals surface area contributed by atoms with E-state index in [9.17, 15) is 14.4 Å². The Hall–Kier alpha value is -2.75. The van der Waals surface area contributed by atoms with Crippen LogP contribution >= 0.6 is 15.9 Å². The highest BCUT2D eigenvalue weighted by atomic mass is 79.9. The van der Waals surface area contributed by atoms with Gasteiger partial charge in [0, 0.05) is 22.9 Å². The number of methoxy groups -OCH3 is 1. The number of rotatable bonds is 6. The van der Waals surface area contributed by atoms with Gasteiger partial charge < -0.3 is 4.74 Å². The number of H-pyrrole nitrogens is 2. The van der Waals surface area contributed by atoms with E-state index in [1.165, 1.54) is 13.3 Å². The van der Waals surface area contributed by atoms with Crippen LogP contribution in [0.25, 0.3) is 0 Å². The van der Waals surface area contributed by atoms with Gasteiger partial charge in [0.2, 0.25) is 5.91 Å². The molecular formula is C14H14BrN5O4. The van der Waals surface area contributed by atoms with Gasteiger partial charge in [-0.3, -0.25) is 14.6 Å². The summed E-state index contributed by atoms with van der Waals surface area (Å²) in [4.78, 5) is 36.0.